The zero-order chi connectivity index (χ0) is 21.5. The fraction of sp³-hybridized carbons (Fsp3) is 0.150. The topological polar surface area (TPSA) is 136 Å². The Morgan fingerprint density at radius 1 is 1.37 bits per heavy atom. The van der Waals surface area contributed by atoms with Crippen LogP contribution in [0.5, 0.6) is 0 Å². The zero-order valence-electron chi connectivity index (χ0n) is 16.0. The van der Waals surface area contributed by atoms with Crippen molar-refractivity contribution in [1.82, 2.24) is 15.1 Å². The largest absolute Gasteiger partial charge is 0.462 e. The standard InChI is InChI=1S/C20H18FN5O4/c1-2-29-20(28)13-11-24-18(25-19(13)27)15(22)9-17(16-7-8-30-26-16)23-10-12-5-3-4-6-14(12)21/h3-9,11H,2,10,22H2,1H3,(H,24,25,27). The maximum atomic E-state index is 13.9. The van der Waals surface area contributed by atoms with Crippen molar-refractivity contribution >= 4 is 17.4 Å². The van der Waals surface area contributed by atoms with Crippen LogP contribution in [0.3, 0.4) is 0 Å². The fourth-order valence-electron chi connectivity index (χ4n) is 2.45. The van der Waals surface area contributed by atoms with Crippen molar-refractivity contribution in [2.45, 2.75) is 13.5 Å². The predicted octanol–water partition coefficient (Wildman–Crippen LogP) is 2.06. The Morgan fingerprint density at radius 2 is 2.17 bits per heavy atom. The molecule has 2 heterocycles. The van der Waals surface area contributed by atoms with Crippen molar-refractivity contribution in [3.8, 4) is 0 Å². The van der Waals surface area contributed by atoms with Crippen LogP contribution in [-0.2, 0) is 11.3 Å². The van der Waals surface area contributed by atoms with E-state index in [1.165, 1.54) is 18.4 Å². The van der Waals surface area contributed by atoms with Crippen LogP contribution in [-0.4, -0.2) is 33.4 Å². The number of aromatic nitrogens is 3. The highest BCUT2D eigenvalue weighted by Gasteiger charge is 2.14. The molecule has 9 nitrogen and oxygen atoms in total. The zero-order valence-corrected chi connectivity index (χ0v) is 16.0. The molecular weight excluding hydrogens is 393 g/mol. The van der Waals surface area contributed by atoms with Crippen molar-refractivity contribution < 1.29 is 18.4 Å². The number of halogens is 1. The Hall–Kier alpha value is -4.08. The molecule has 0 atom stereocenters. The van der Waals surface area contributed by atoms with Gasteiger partial charge in [-0.05, 0) is 19.1 Å². The lowest BCUT2D eigenvalue weighted by atomic mass is 10.2. The Kier molecular flexibility index (Phi) is 6.48. The van der Waals surface area contributed by atoms with Crippen LogP contribution >= 0.6 is 0 Å². The van der Waals surface area contributed by atoms with E-state index in [0.29, 0.717) is 17.0 Å². The van der Waals surface area contributed by atoms with Crippen LogP contribution in [0.15, 0.2) is 63.2 Å². The van der Waals surface area contributed by atoms with Crippen molar-refractivity contribution in [3.63, 3.8) is 0 Å². The molecule has 0 fully saturated rings. The third-order valence-corrected chi connectivity index (χ3v) is 3.94. The molecule has 0 unspecified atom stereocenters. The summed E-state index contributed by atoms with van der Waals surface area (Å²) >= 11 is 0. The summed E-state index contributed by atoms with van der Waals surface area (Å²) in [5.41, 5.74) is 6.22. The number of aliphatic imine (C=N–C) groups is 1. The van der Waals surface area contributed by atoms with Gasteiger partial charge >= 0.3 is 5.97 Å². The summed E-state index contributed by atoms with van der Waals surface area (Å²) < 4.78 is 23.5. The molecule has 30 heavy (non-hydrogen) atoms. The lowest BCUT2D eigenvalue weighted by Gasteiger charge is -2.05. The number of aromatic amines is 1. The van der Waals surface area contributed by atoms with E-state index in [4.69, 9.17) is 15.0 Å². The third-order valence-electron chi connectivity index (χ3n) is 3.94. The first-order valence-corrected chi connectivity index (χ1v) is 8.92. The van der Waals surface area contributed by atoms with E-state index in [1.807, 2.05) is 0 Å². The van der Waals surface area contributed by atoms with Crippen LogP contribution in [0.4, 0.5) is 4.39 Å². The molecule has 0 aliphatic heterocycles. The number of benzene rings is 1. The van der Waals surface area contributed by atoms with E-state index in [9.17, 15) is 14.0 Å². The molecule has 0 bridgehead atoms. The quantitative estimate of drug-likeness (QED) is 0.448. The minimum atomic E-state index is -0.782. The molecule has 0 aliphatic rings. The smallest absolute Gasteiger partial charge is 0.345 e. The van der Waals surface area contributed by atoms with Gasteiger partial charge in [0.25, 0.3) is 5.56 Å². The van der Waals surface area contributed by atoms with Crippen LogP contribution in [0, 0.1) is 5.82 Å². The number of nitrogens with one attached hydrogen (secondary N) is 1. The normalized spacial score (nSPS) is 12.1. The van der Waals surface area contributed by atoms with Crippen LogP contribution in [0.2, 0.25) is 0 Å². The van der Waals surface area contributed by atoms with Gasteiger partial charge in [0.2, 0.25) is 0 Å². The minimum Gasteiger partial charge on any atom is -0.462 e. The van der Waals surface area contributed by atoms with E-state index in [-0.39, 0.29) is 30.2 Å². The van der Waals surface area contributed by atoms with Crippen LogP contribution < -0.4 is 11.3 Å². The highest BCUT2D eigenvalue weighted by molar-refractivity contribution is 6.10. The van der Waals surface area contributed by atoms with Crippen molar-refractivity contribution in [2.75, 3.05) is 6.61 Å². The number of ether oxygens (including phenoxy) is 1. The lowest BCUT2D eigenvalue weighted by molar-refractivity contribution is 0.0523. The molecule has 0 spiro atoms. The number of nitrogens with zero attached hydrogens (tertiary/aromatic N) is 3. The third kappa shape index (κ3) is 4.85. The highest BCUT2D eigenvalue weighted by Crippen LogP contribution is 2.11. The van der Waals surface area contributed by atoms with E-state index in [1.54, 1.807) is 31.2 Å². The van der Waals surface area contributed by atoms with Gasteiger partial charge in [-0.2, -0.15) is 0 Å². The molecule has 2 aromatic heterocycles. The number of allylic oxidation sites excluding steroid dienone is 1. The second kappa shape index (κ2) is 9.41. The molecule has 0 amide bonds. The van der Waals surface area contributed by atoms with Gasteiger partial charge in [-0.3, -0.25) is 9.79 Å². The van der Waals surface area contributed by atoms with Crippen molar-refractivity contribution in [2.24, 2.45) is 10.7 Å². The van der Waals surface area contributed by atoms with Gasteiger partial charge in [0, 0.05) is 17.8 Å². The molecule has 1 aromatic carbocycles. The number of hydrogen-bond donors (Lipinski definition) is 2. The molecule has 3 rings (SSSR count). The second-order valence-corrected chi connectivity index (χ2v) is 5.97. The lowest BCUT2D eigenvalue weighted by Crippen LogP contribution is -2.23. The van der Waals surface area contributed by atoms with Gasteiger partial charge < -0.3 is 20.0 Å². The van der Waals surface area contributed by atoms with E-state index in [2.05, 4.69) is 20.1 Å². The molecular formula is C20H18FN5O4. The summed E-state index contributed by atoms with van der Waals surface area (Å²) in [6.45, 7) is 1.78. The van der Waals surface area contributed by atoms with Crippen molar-refractivity contribution in [3.05, 3.63) is 87.7 Å². The van der Waals surface area contributed by atoms with Gasteiger partial charge in [-0.15, -0.1) is 0 Å². The molecule has 0 saturated heterocycles. The monoisotopic (exact) mass is 411 g/mol. The first-order chi connectivity index (χ1) is 14.5. The van der Waals surface area contributed by atoms with Crippen molar-refractivity contribution in [1.29, 1.82) is 0 Å². The number of carbonyl (C=O) groups excluding carboxylic acids is 1. The van der Waals surface area contributed by atoms with E-state index >= 15 is 0 Å². The molecule has 3 N–H and O–H groups in total. The van der Waals surface area contributed by atoms with E-state index in [0.717, 1.165) is 6.20 Å². The van der Waals surface area contributed by atoms with Crippen LogP contribution in [0.1, 0.15) is 34.4 Å². The molecule has 154 valence electrons. The molecule has 3 aromatic rings. The summed E-state index contributed by atoms with van der Waals surface area (Å²) in [5.74, 6) is -1.15. The van der Waals surface area contributed by atoms with Gasteiger partial charge in [-0.25, -0.2) is 14.2 Å². The number of rotatable bonds is 7. The van der Waals surface area contributed by atoms with Gasteiger partial charge in [0.05, 0.1) is 24.6 Å². The Bertz CT molecular complexity index is 1150. The average Bonchev–Trinajstić information content (AvgIpc) is 3.26. The number of hydrogen-bond acceptors (Lipinski definition) is 8. The summed E-state index contributed by atoms with van der Waals surface area (Å²) in [6.07, 6.45) is 3.85. The maximum absolute atomic E-state index is 13.9. The second-order valence-electron chi connectivity index (χ2n) is 5.97. The molecule has 10 heteroatoms. The first-order valence-electron chi connectivity index (χ1n) is 8.92. The Balaban J connectivity index is 1.92. The SMILES string of the molecule is CCOC(=O)c1cnc(C(N)=CC(=NCc2ccccc2F)c2ccon2)[nH]c1=O. The minimum absolute atomic E-state index is 0.0233. The number of esters is 1. The summed E-state index contributed by atoms with van der Waals surface area (Å²) in [4.78, 5) is 34.7. The Labute approximate surface area is 170 Å². The number of nitrogens with two attached hydrogens (primary N) is 1. The molecule has 0 radical (unpaired) electrons. The average molecular weight is 411 g/mol. The van der Waals surface area contributed by atoms with Gasteiger partial charge in [0.15, 0.2) is 5.82 Å². The first kappa shape index (κ1) is 20.6. The molecule has 0 aliphatic carbocycles. The summed E-state index contributed by atoms with van der Waals surface area (Å²) in [7, 11) is 0. The number of carbonyl (C=O) groups is 1. The van der Waals surface area contributed by atoms with E-state index < -0.39 is 17.3 Å². The fourth-order valence-corrected chi connectivity index (χ4v) is 2.45. The highest BCUT2D eigenvalue weighted by atomic mass is 19.1. The van der Waals surface area contributed by atoms with Gasteiger partial charge in [0.1, 0.15) is 23.3 Å². The van der Waals surface area contributed by atoms with Crippen LogP contribution in [0.25, 0.3) is 5.70 Å². The summed E-state index contributed by atoms with van der Waals surface area (Å²) in [5, 5.41) is 3.82. The van der Waals surface area contributed by atoms with Gasteiger partial charge in [-0.1, -0.05) is 23.4 Å². The molecule has 0 saturated carbocycles. The summed E-state index contributed by atoms with van der Waals surface area (Å²) in [6, 6.07) is 7.79. The number of H-pyrrole nitrogens is 1. The Morgan fingerprint density at radius 3 is 2.83 bits per heavy atom. The maximum Gasteiger partial charge on any atom is 0.345 e. The predicted molar refractivity (Wildman–Crippen MR) is 106 cm³/mol.